The number of hydrogen-bond acceptors (Lipinski definition) is 3. The summed E-state index contributed by atoms with van der Waals surface area (Å²) >= 11 is 1.59. The zero-order chi connectivity index (χ0) is 13.8. The van der Waals surface area contributed by atoms with Crippen molar-refractivity contribution in [2.45, 2.75) is 30.5 Å². The second-order valence-corrected chi connectivity index (χ2v) is 5.55. The normalized spacial score (nSPS) is 10.9. The topological polar surface area (TPSA) is 55.1 Å². The van der Waals surface area contributed by atoms with Crippen LogP contribution < -0.4 is 0 Å². The smallest absolute Gasteiger partial charge is 0.335 e. The van der Waals surface area contributed by atoms with E-state index in [1.54, 1.807) is 30.0 Å². The van der Waals surface area contributed by atoms with Gasteiger partial charge in [0.05, 0.1) is 11.3 Å². The number of hydrogen-bond donors (Lipinski definition) is 1. The van der Waals surface area contributed by atoms with E-state index in [-0.39, 0.29) is 0 Å². The minimum absolute atomic E-state index is 0.317. The number of aromatic carboxylic acids is 1. The zero-order valence-electron chi connectivity index (χ0n) is 10.9. The molecule has 1 heterocycles. The summed E-state index contributed by atoms with van der Waals surface area (Å²) in [5.74, 6) is -0.158. The Morgan fingerprint density at radius 3 is 2.84 bits per heavy atom. The van der Waals surface area contributed by atoms with Gasteiger partial charge in [-0.15, -0.1) is 11.8 Å². The summed E-state index contributed by atoms with van der Waals surface area (Å²) in [4.78, 5) is 11.8. The number of thioether (sulfide) groups is 1. The molecule has 2 aromatic rings. The first kappa shape index (κ1) is 13.7. The number of carbonyl (C=O) groups is 1. The van der Waals surface area contributed by atoms with E-state index in [2.05, 4.69) is 18.9 Å². The summed E-state index contributed by atoms with van der Waals surface area (Å²) in [5, 5.41) is 13.4. The van der Waals surface area contributed by atoms with Crippen LogP contribution in [0.5, 0.6) is 0 Å². The lowest BCUT2D eigenvalue weighted by atomic mass is 10.2. The minimum Gasteiger partial charge on any atom is -0.478 e. The SMILES string of the molecule is CC(C)n1ccc(CSc2cccc(C(=O)O)c2)n1. The molecule has 1 N–H and O–H groups in total. The van der Waals surface area contributed by atoms with Crippen LogP contribution in [0, 0.1) is 0 Å². The molecule has 4 nitrogen and oxygen atoms in total. The standard InChI is InChI=1S/C14H16N2O2S/c1-10(2)16-7-6-12(15-16)9-19-13-5-3-4-11(8-13)14(17)18/h3-8,10H,9H2,1-2H3,(H,17,18). The van der Waals surface area contributed by atoms with Gasteiger partial charge in [-0.1, -0.05) is 6.07 Å². The molecule has 0 atom stereocenters. The van der Waals surface area contributed by atoms with Crippen molar-refractivity contribution in [1.82, 2.24) is 9.78 Å². The van der Waals surface area contributed by atoms with E-state index in [0.29, 0.717) is 11.6 Å². The first-order valence-electron chi connectivity index (χ1n) is 6.06. The van der Waals surface area contributed by atoms with Crippen molar-refractivity contribution in [3.63, 3.8) is 0 Å². The summed E-state index contributed by atoms with van der Waals surface area (Å²) in [7, 11) is 0. The van der Waals surface area contributed by atoms with Gasteiger partial charge in [-0.3, -0.25) is 4.68 Å². The van der Waals surface area contributed by atoms with Gasteiger partial charge in [0.15, 0.2) is 0 Å². The Bertz CT molecular complexity index is 578. The third kappa shape index (κ3) is 3.61. The molecule has 0 spiro atoms. The molecule has 0 bridgehead atoms. The van der Waals surface area contributed by atoms with Crippen molar-refractivity contribution < 1.29 is 9.90 Å². The van der Waals surface area contributed by atoms with Gasteiger partial charge in [0.2, 0.25) is 0 Å². The van der Waals surface area contributed by atoms with E-state index >= 15 is 0 Å². The van der Waals surface area contributed by atoms with Gasteiger partial charge in [0.1, 0.15) is 0 Å². The molecule has 1 aromatic heterocycles. The summed E-state index contributed by atoms with van der Waals surface area (Å²) in [6, 6.07) is 9.31. The van der Waals surface area contributed by atoms with Crippen molar-refractivity contribution in [3.05, 3.63) is 47.8 Å². The first-order chi connectivity index (χ1) is 9.06. The van der Waals surface area contributed by atoms with Crippen LogP contribution >= 0.6 is 11.8 Å². The van der Waals surface area contributed by atoms with E-state index in [9.17, 15) is 4.79 Å². The first-order valence-corrected chi connectivity index (χ1v) is 7.05. The van der Waals surface area contributed by atoms with Crippen LogP contribution in [0.3, 0.4) is 0 Å². The molecule has 0 aliphatic heterocycles. The lowest BCUT2D eigenvalue weighted by Gasteiger charge is -2.04. The second kappa shape index (κ2) is 5.93. The maximum absolute atomic E-state index is 10.9. The Morgan fingerprint density at radius 2 is 2.21 bits per heavy atom. The Balaban J connectivity index is 2.01. The fourth-order valence-electron chi connectivity index (χ4n) is 1.62. The lowest BCUT2D eigenvalue weighted by Crippen LogP contribution is -2.01. The Kier molecular flexibility index (Phi) is 4.27. The van der Waals surface area contributed by atoms with Crippen LogP contribution in [0.15, 0.2) is 41.4 Å². The molecule has 0 aliphatic carbocycles. The predicted octanol–water partition coefficient (Wildman–Crippen LogP) is 3.45. The van der Waals surface area contributed by atoms with Gasteiger partial charge in [-0.2, -0.15) is 5.10 Å². The van der Waals surface area contributed by atoms with E-state index in [4.69, 9.17) is 5.11 Å². The fraction of sp³-hybridized carbons (Fsp3) is 0.286. The maximum atomic E-state index is 10.9. The largest absolute Gasteiger partial charge is 0.478 e. The maximum Gasteiger partial charge on any atom is 0.335 e. The van der Waals surface area contributed by atoms with Crippen LogP contribution in [0.25, 0.3) is 0 Å². The summed E-state index contributed by atoms with van der Waals surface area (Å²) in [6.07, 6.45) is 1.97. The number of carboxylic acids is 1. The molecule has 0 saturated heterocycles. The van der Waals surface area contributed by atoms with Crippen LogP contribution in [-0.4, -0.2) is 20.9 Å². The monoisotopic (exact) mass is 276 g/mol. The summed E-state index contributed by atoms with van der Waals surface area (Å²) < 4.78 is 1.92. The highest BCUT2D eigenvalue weighted by Gasteiger charge is 2.05. The third-order valence-corrected chi connectivity index (χ3v) is 3.69. The van der Waals surface area contributed by atoms with Crippen molar-refractivity contribution >= 4 is 17.7 Å². The van der Waals surface area contributed by atoms with Crippen molar-refractivity contribution in [1.29, 1.82) is 0 Å². The lowest BCUT2D eigenvalue weighted by molar-refractivity contribution is 0.0696. The van der Waals surface area contributed by atoms with E-state index in [1.807, 2.05) is 23.0 Å². The van der Waals surface area contributed by atoms with E-state index in [1.165, 1.54) is 0 Å². The van der Waals surface area contributed by atoms with Crippen LogP contribution in [0.4, 0.5) is 0 Å². The highest BCUT2D eigenvalue weighted by atomic mass is 32.2. The molecule has 0 unspecified atom stereocenters. The molecule has 2 rings (SSSR count). The molecule has 0 radical (unpaired) electrons. The molecule has 100 valence electrons. The average molecular weight is 276 g/mol. The van der Waals surface area contributed by atoms with E-state index in [0.717, 1.165) is 16.3 Å². The highest BCUT2D eigenvalue weighted by molar-refractivity contribution is 7.98. The van der Waals surface area contributed by atoms with Crippen molar-refractivity contribution in [2.75, 3.05) is 0 Å². The number of carboxylic acid groups (broad SMARTS) is 1. The summed E-state index contributed by atoms with van der Waals surface area (Å²) in [5.41, 5.74) is 1.32. The van der Waals surface area contributed by atoms with Crippen LogP contribution in [0.1, 0.15) is 35.9 Å². The molecule has 5 heteroatoms. The second-order valence-electron chi connectivity index (χ2n) is 4.50. The molecule has 0 fully saturated rings. The minimum atomic E-state index is -0.897. The zero-order valence-corrected chi connectivity index (χ0v) is 11.7. The molecule has 0 amide bonds. The molecule has 0 saturated carbocycles. The molecule has 19 heavy (non-hydrogen) atoms. The number of nitrogens with zero attached hydrogens (tertiary/aromatic N) is 2. The van der Waals surface area contributed by atoms with Crippen molar-refractivity contribution in [3.8, 4) is 0 Å². The van der Waals surface area contributed by atoms with Gasteiger partial charge in [-0.25, -0.2) is 4.79 Å². The number of benzene rings is 1. The van der Waals surface area contributed by atoms with Gasteiger partial charge < -0.3 is 5.11 Å². The molecular weight excluding hydrogens is 260 g/mol. The molecule has 1 aromatic carbocycles. The van der Waals surface area contributed by atoms with Crippen LogP contribution in [0.2, 0.25) is 0 Å². The third-order valence-electron chi connectivity index (χ3n) is 2.66. The molecule has 0 aliphatic rings. The van der Waals surface area contributed by atoms with Crippen molar-refractivity contribution in [2.24, 2.45) is 0 Å². The number of rotatable bonds is 5. The molecular formula is C14H16N2O2S. The quantitative estimate of drug-likeness (QED) is 0.850. The van der Waals surface area contributed by atoms with E-state index < -0.39 is 5.97 Å². The Labute approximate surface area is 116 Å². The predicted molar refractivity (Wildman–Crippen MR) is 75.6 cm³/mol. The highest BCUT2D eigenvalue weighted by Crippen LogP contribution is 2.23. The van der Waals surface area contributed by atoms with Crippen LogP contribution in [-0.2, 0) is 5.75 Å². The van der Waals surface area contributed by atoms with Gasteiger partial charge in [0.25, 0.3) is 0 Å². The Hall–Kier alpha value is -1.75. The Morgan fingerprint density at radius 1 is 1.42 bits per heavy atom. The fourth-order valence-corrected chi connectivity index (χ4v) is 2.47. The van der Waals surface area contributed by atoms with Gasteiger partial charge >= 0.3 is 5.97 Å². The number of aromatic nitrogens is 2. The average Bonchev–Trinajstić information content (AvgIpc) is 2.85. The summed E-state index contributed by atoms with van der Waals surface area (Å²) in [6.45, 7) is 4.17. The van der Waals surface area contributed by atoms with Gasteiger partial charge in [-0.05, 0) is 38.1 Å². The van der Waals surface area contributed by atoms with Gasteiger partial charge in [0, 0.05) is 22.9 Å².